The fourth-order valence-electron chi connectivity index (χ4n) is 1.50. The summed E-state index contributed by atoms with van der Waals surface area (Å²) in [5.41, 5.74) is 0. The minimum absolute atomic E-state index is 0.557. The van der Waals surface area contributed by atoms with E-state index in [0.29, 0.717) is 19.8 Å². The first-order valence-electron chi connectivity index (χ1n) is 7.03. The summed E-state index contributed by atoms with van der Waals surface area (Å²) < 4.78 is 21.2. The maximum atomic E-state index is 5.48. The molecule has 0 aromatic rings. The zero-order valence-electron chi connectivity index (χ0n) is 12.4. The molecule has 0 aliphatic heterocycles. The third-order valence-electron chi connectivity index (χ3n) is 2.53. The second-order valence-electron chi connectivity index (χ2n) is 3.89. The smallest absolute Gasteiger partial charge is 0.111 e. The summed E-state index contributed by atoms with van der Waals surface area (Å²) >= 11 is 0. The van der Waals surface area contributed by atoms with Gasteiger partial charge < -0.3 is 18.9 Å². The van der Waals surface area contributed by atoms with Crippen molar-refractivity contribution in [1.29, 1.82) is 0 Å². The van der Waals surface area contributed by atoms with E-state index in [1.54, 1.807) is 0 Å². The Morgan fingerprint density at radius 3 is 1.79 bits per heavy atom. The standard InChI is InChI=1S/C14H29NO4/c1-4-16-10-7-15(8-11-17-5-2)9-12-19-14-13-18-6-3/h6H,3-5,7-14H2,1-2H3. The predicted octanol–water partition coefficient (Wildman–Crippen LogP) is 1.54. The maximum Gasteiger partial charge on any atom is 0.111 e. The molecule has 5 nitrogen and oxygen atoms in total. The van der Waals surface area contributed by atoms with Crippen LogP contribution in [0.5, 0.6) is 0 Å². The third-order valence-corrected chi connectivity index (χ3v) is 2.53. The van der Waals surface area contributed by atoms with E-state index in [0.717, 1.165) is 46.1 Å². The molecule has 0 bridgehead atoms. The van der Waals surface area contributed by atoms with Crippen LogP contribution in [0, 0.1) is 0 Å². The molecule has 0 rings (SSSR count). The van der Waals surface area contributed by atoms with Gasteiger partial charge in [0.25, 0.3) is 0 Å². The van der Waals surface area contributed by atoms with E-state index in [4.69, 9.17) is 18.9 Å². The van der Waals surface area contributed by atoms with Gasteiger partial charge in [-0.15, -0.1) is 0 Å². The van der Waals surface area contributed by atoms with Gasteiger partial charge in [-0.1, -0.05) is 6.58 Å². The first-order valence-corrected chi connectivity index (χ1v) is 7.03. The molecule has 0 amide bonds. The summed E-state index contributed by atoms with van der Waals surface area (Å²) in [5, 5.41) is 0. The van der Waals surface area contributed by atoms with E-state index in [-0.39, 0.29) is 0 Å². The van der Waals surface area contributed by atoms with Crippen molar-refractivity contribution in [2.24, 2.45) is 0 Å². The molecular formula is C14H29NO4. The van der Waals surface area contributed by atoms with Crippen LogP contribution in [0.2, 0.25) is 0 Å². The van der Waals surface area contributed by atoms with Crippen LogP contribution in [-0.2, 0) is 18.9 Å². The van der Waals surface area contributed by atoms with Crippen molar-refractivity contribution < 1.29 is 18.9 Å². The van der Waals surface area contributed by atoms with Crippen molar-refractivity contribution in [3.8, 4) is 0 Å². The first-order chi connectivity index (χ1) is 9.35. The van der Waals surface area contributed by atoms with Crippen LogP contribution in [0.3, 0.4) is 0 Å². The average Bonchev–Trinajstić information content (AvgIpc) is 2.42. The Morgan fingerprint density at radius 2 is 1.32 bits per heavy atom. The molecule has 0 aromatic carbocycles. The normalized spacial score (nSPS) is 10.9. The summed E-state index contributed by atoms with van der Waals surface area (Å²) in [6.45, 7) is 15.1. The van der Waals surface area contributed by atoms with Gasteiger partial charge in [0.1, 0.15) is 6.61 Å². The lowest BCUT2D eigenvalue weighted by molar-refractivity contribution is 0.0451. The van der Waals surface area contributed by atoms with E-state index >= 15 is 0 Å². The van der Waals surface area contributed by atoms with Gasteiger partial charge in [0.2, 0.25) is 0 Å². The van der Waals surface area contributed by atoms with Gasteiger partial charge in [-0.2, -0.15) is 0 Å². The van der Waals surface area contributed by atoms with Crippen molar-refractivity contribution in [3.63, 3.8) is 0 Å². The number of ether oxygens (including phenoxy) is 4. The summed E-state index contributed by atoms with van der Waals surface area (Å²) in [7, 11) is 0. The highest BCUT2D eigenvalue weighted by Crippen LogP contribution is 1.91. The van der Waals surface area contributed by atoms with Gasteiger partial charge in [0, 0.05) is 32.8 Å². The van der Waals surface area contributed by atoms with Crippen LogP contribution in [0.25, 0.3) is 0 Å². The van der Waals surface area contributed by atoms with Crippen molar-refractivity contribution in [1.82, 2.24) is 4.90 Å². The molecule has 0 spiro atoms. The molecule has 0 unspecified atom stereocenters. The van der Waals surface area contributed by atoms with Crippen LogP contribution in [-0.4, -0.2) is 70.8 Å². The summed E-state index contributed by atoms with van der Waals surface area (Å²) in [6.07, 6.45) is 1.43. The Labute approximate surface area is 117 Å². The van der Waals surface area contributed by atoms with E-state index in [1.165, 1.54) is 6.26 Å². The Bertz CT molecular complexity index is 180. The Morgan fingerprint density at radius 1 is 0.789 bits per heavy atom. The van der Waals surface area contributed by atoms with Crippen molar-refractivity contribution in [2.75, 3.05) is 65.9 Å². The predicted molar refractivity (Wildman–Crippen MR) is 76.4 cm³/mol. The van der Waals surface area contributed by atoms with Crippen molar-refractivity contribution in [2.45, 2.75) is 13.8 Å². The molecular weight excluding hydrogens is 246 g/mol. The molecule has 0 fully saturated rings. The molecule has 5 heteroatoms. The SMILES string of the molecule is C=COCCOCCN(CCOCC)CCOCC. The lowest BCUT2D eigenvalue weighted by atomic mass is 10.4. The molecule has 0 N–H and O–H groups in total. The molecule has 19 heavy (non-hydrogen) atoms. The van der Waals surface area contributed by atoms with Crippen LogP contribution in [0.15, 0.2) is 12.8 Å². The van der Waals surface area contributed by atoms with Gasteiger partial charge in [0.05, 0.1) is 32.7 Å². The van der Waals surface area contributed by atoms with E-state index in [1.807, 2.05) is 13.8 Å². The minimum Gasteiger partial charge on any atom is -0.499 e. The van der Waals surface area contributed by atoms with Gasteiger partial charge >= 0.3 is 0 Å². The lowest BCUT2D eigenvalue weighted by Gasteiger charge is -2.21. The van der Waals surface area contributed by atoms with Crippen LogP contribution in [0.1, 0.15) is 13.8 Å². The number of hydrogen-bond donors (Lipinski definition) is 0. The van der Waals surface area contributed by atoms with Gasteiger partial charge in [-0.3, -0.25) is 4.90 Å². The van der Waals surface area contributed by atoms with Gasteiger partial charge in [-0.05, 0) is 13.8 Å². The fraction of sp³-hybridized carbons (Fsp3) is 0.857. The number of nitrogens with zero attached hydrogens (tertiary/aromatic N) is 1. The quantitative estimate of drug-likeness (QED) is 0.335. The third kappa shape index (κ3) is 13.6. The summed E-state index contributed by atoms with van der Waals surface area (Å²) in [6, 6.07) is 0. The number of rotatable bonds is 15. The Kier molecular flexibility index (Phi) is 14.9. The van der Waals surface area contributed by atoms with Gasteiger partial charge in [-0.25, -0.2) is 0 Å². The van der Waals surface area contributed by atoms with E-state index in [9.17, 15) is 0 Å². The maximum absolute atomic E-state index is 5.48. The van der Waals surface area contributed by atoms with Crippen LogP contribution >= 0.6 is 0 Å². The summed E-state index contributed by atoms with van der Waals surface area (Å²) in [4.78, 5) is 2.29. The second-order valence-corrected chi connectivity index (χ2v) is 3.89. The Hall–Kier alpha value is -0.620. The molecule has 0 aromatic heterocycles. The number of hydrogen-bond acceptors (Lipinski definition) is 5. The van der Waals surface area contributed by atoms with Crippen LogP contribution < -0.4 is 0 Å². The largest absolute Gasteiger partial charge is 0.499 e. The van der Waals surface area contributed by atoms with E-state index < -0.39 is 0 Å². The minimum atomic E-state index is 0.557. The zero-order chi connectivity index (χ0) is 14.2. The average molecular weight is 275 g/mol. The lowest BCUT2D eigenvalue weighted by Crippen LogP contribution is -2.34. The van der Waals surface area contributed by atoms with Crippen molar-refractivity contribution >= 4 is 0 Å². The summed E-state index contributed by atoms with van der Waals surface area (Å²) in [5.74, 6) is 0. The molecule has 0 atom stereocenters. The topological polar surface area (TPSA) is 40.2 Å². The fourth-order valence-corrected chi connectivity index (χ4v) is 1.50. The zero-order valence-corrected chi connectivity index (χ0v) is 12.4. The second kappa shape index (κ2) is 15.4. The highest BCUT2D eigenvalue weighted by atomic mass is 16.5. The molecule has 114 valence electrons. The molecule has 0 aliphatic carbocycles. The Balaban J connectivity index is 3.61. The van der Waals surface area contributed by atoms with Crippen molar-refractivity contribution in [3.05, 3.63) is 12.8 Å². The monoisotopic (exact) mass is 275 g/mol. The van der Waals surface area contributed by atoms with Crippen LogP contribution in [0.4, 0.5) is 0 Å². The molecule has 0 saturated carbocycles. The highest BCUT2D eigenvalue weighted by Gasteiger charge is 2.04. The van der Waals surface area contributed by atoms with Gasteiger partial charge in [0.15, 0.2) is 0 Å². The highest BCUT2D eigenvalue weighted by molar-refractivity contribution is 4.57. The molecule has 0 heterocycles. The van der Waals surface area contributed by atoms with E-state index in [2.05, 4.69) is 11.5 Å². The molecule has 0 radical (unpaired) electrons. The first kappa shape index (κ1) is 18.4. The molecule has 0 saturated heterocycles. The molecule has 0 aliphatic rings.